The maximum absolute atomic E-state index is 13.0. The molecule has 0 bridgehead atoms. The van der Waals surface area contributed by atoms with Gasteiger partial charge in [0.05, 0.1) is 15.9 Å². The number of anilines is 1. The van der Waals surface area contributed by atoms with E-state index in [0.717, 1.165) is 26.4 Å². The van der Waals surface area contributed by atoms with Crippen LogP contribution in [0.1, 0.15) is 18.5 Å². The Morgan fingerprint density at radius 2 is 1.76 bits per heavy atom. The molecule has 9 heteroatoms. The summed E-state index contributed by atoms with van der Waals surface area (Å²) in [6, 6.07) is 21.4. The molecule has 1 amide bonds. The topological polar surface area (TPSA) is 95.3 Å². The summed E-state index contributed by atoms with van der Waals surface area (Å²) >= 11 is 1.63. The average Bonchev–Trinajstić information content (AvgIpc) is 3.55. The van der Waals surface area contributed by atoms with Crippen molar-refractivity contribution in [1.29, 1.82) is 0 Å². The molecular formula is C28H22N4O4S. The first-order chi connectivity index (χ1) is 17.9. The van der Waals surface area contributed by atoms with E-state index in [2.05, 4.69) is 29.5 Å². The van der Waals surface area contributed by atoms with Crippen LogP contribution in [0.5, 0.6) is 11.5 Å². The zero-order valence-corrected chi connectivity index (χ0v) is 20.9. The number of ether oxygens (including phenoxy) is 2. The highest BCUT2D eigenvalue weighted by Crippen LogP contribution is 2.35. The van der Waals surface area contributed by atoms with Crippen LogP contribution in [0.4, 0.5) is 5.69 Å². The van der Waals surface area contributed by atoms with E-state index in [-0.39, 0.29) is 18.3 Å². The summed E-state index contributed by atoms with van der Waals surface area (Å²) in [4.78, 5) is 30.3. The second-order valence-corrected chi connectivity index (χ2v) is 9.83. The molecule has 1 aliphatic rings. The summed E-state index contributed by atoms with van der Waals surface area (Å²) in [5.74, 6) is 0.932. The second-order valence-electron chi connectivity index (χ2n) is 8.80. The number of carbonyl (C=O) groups excluding carboxylic acids is 1. The Labute approximate surface area is 216 Å². The van der Waals surface area contributed by atoms with Crippen LogP contribution in [0.2, 0.25) is 0 Å². The first kappa shape index (κ1) is 22.9. The Hall–Kier alpha value is -4.50. The minimum Gasteiger partial charge on any atom is -0.454 e. The fourth-order valence-electron chi connectivity index (χ4n) is 4.12. The van der Waals surface area contributed by atoms with E-state index in [9.17, 15) is 9.59 Å². The third-order valence-electron chi connectivity index (χ3n) is 6.18. The summed E-state index contributed by atoms with van der Waals surface area (Å²) < 4.78 is 13.1. The van der Waals surface area contributed by atoms with Gasteiger partial charge in [0.1, 0.15) is 11.0 Å². The van der Waals surface area contributed by atoms with Crippen LogP contribution in [0, 0.1) is 6.92 Å². The minimum absolute atomic E-state index is 0.171. The number of thiazole rings is 1. The van der Waals surface area contributed by atoms with E-state index in [4.69, 9.17) is 14.5 Å². The van der Waals surface area contributed by atoms with Crippen molar-refractivity contribution in [3.63, 3.8) is 0 Å². The third kappa shape index (κ3) is 4.45. The number of aromatic nitrogens is 3. The second kappa shape index (κ2) is 9.18. The van der Waals surface area contributed by atoms with Crippen LogP contribution >= 0.6 is 11.3 Å². The average molecular weight is 511 g/mol. The fraction of sp³-hybridized carbons (Fsp3) is 0.143. The van der Waals surface area contributed by atoms with Crippen molar-refractivity contribution in [1.82, 2.24) is 14.8 Å². The molecule has 6 rings (SSSR count). The molecule has 1 aliphatic heterocycles. The predicted molar refractivity (Wildman–Crippen MR) is 143 cm³/mol. The Morgan fingerprint density at radius 3 is 2.59 bits per heavy atom. The first-order valence-corrected chi connectivity index (χ1v) is 12.5. The molecule has 0 radical (unpaired) electrons. The van der Waals surface area contributed by atoms with E-state index >= 15 is 0 Å². The minimum atomic E-state index is -0.825. The zero-order chi connectivity index (χ0) is 25.5. The Kier molecular flexibility index (Phi) is 5.69. The molecule has 0 saturated heterocycles. The third-order valence-corrected chi connectivity index (χ3v) is 7.25. The first-order valence-electron chi connectivity index (χ1n) is 11.7. The molecule has 1 unspecified atom stereocenters. The Bertz CT molecular complexity index is 1710. The van der Waals surface area contributed by atoms with Crippen molar-refractivity contribution >= 4 is 33.1 Å². The molecule has 0 fully saturated rings. The van der Waals surface area contributed by atoms with Crippen LogP contribution in [0.3, 0.4) is 0 Å². The largest absolute Gasteiger partial charge is 0.454 e. The van der Waals surface area contributed by atoms with Gasteiger partial charge in [0, 0.05) is 22.9 Å². The number of fused-ring (bicyclic) bond motifs is 2. The number of amides is 1. The van der Waals surface area contributed by atoms with Gasteiger partial charge in [0.2, 0.25) is 12.7 Å². The number of rotatable bonds is 5. The summed E-state index contributed by atoms with van der Waals surface area (Å²) in [5, 5.41) is 8.25. The molecule has 1 atom stereocenters. The van der Waals surface area contributed by atoms with Crippen molar-refractivity contribution in [2.45, 2.75) is 19.9 Å². The van der Waals surface area contributed by atoms with Crippen LogP contribution in [0.15, 0.2) is 77.6 Å². The van der Waals surface area contributed by atoms with E-state index in [1.807, 2.05) is 36.4 Å². The predicted octanol–water partition coefficient (Wildman–Crippen LogP) is 5.42. The van der Waals surface area contributed by atoms with Crippen molar-refractivity contribution in [3.05, 3.63) is 88.7 Å². The van der Waals surface area contributed by atoms with Crippen molar-refractivity contribution in [2.75, 3.05) is 12.1 Å². The number of carbonyl (C=O) groups is 1. The molecule has 3 heterocycles. The number of aryl methyl sites for hydroxylation is 1. The lowest BCUT2D eigenvalue weighted by atomic mass is 10.1. The van der Waals surface area contributed by atoms with Gasteiger partial charge in [-0.3, -0.25) is 9.59 Å². The highest BCUT2D eigenvalue weighted by Gasteiger charge is 2.20. The van der Waals surface area contributed by atoms with Gasteiger partial charge < -0.3 is 14.8 Å². The summed E-state index contributed by atoms with van der Waals surface area (Å²) in [6.45, 7) is 3.88. The lowest BCUT2D eigenvalue weighted by Gasteiger charge is -2.15. The van der Waals surface area contributed by atoms with E-state index in [1.54, 1.807) is 36.5 Å². The number of hydrogen-bond acceptors (Lipinski definition) is 7. The maximum Gasteiger partial charge on any atom is 0.267 e. The van der Waals surface area contributed by atoms with Gasteiger partial charge >= 0.3 is 0 Å². The van der Waals surface area contributed by atoms with Crippen molar-refractivity contribution in [2.24, 2.45) is 0 Å². The summed E-state index contributed by atoms with van der Waals surface area (Å²) in [6.07, 6.45) is 0. The number of nitrogens with zero attached hydrogens (tertiary/aromatic N) is 3. The monoisotopic (exact) mass is 510 g/mol. The van der Waals surface area contributed by atoms with Gasteiger partial charge in [0.15, 0.2) is 11.5 Å². The molecule has 5 aromatic rings. The van der Waals surface area contributed by atoms with Crippen molar-refractivity contribution in [3.8, 4) is 33.3 Å². The van der Waals surface area contributed by atoms with E-state index in [0.29, 0.717) is 22.9 Å². The van der Waals surface area contributed by atoms with Gasteiger partial charge in [-0.05, 0) is 80.1 Å². The summed E-state index contributed by atoms with van der Waals surface area (Å²) in [7, 11) is 0. The molecule has 0 spiro atoms. The molecule has 8 nitrogen and oxygen atoms in total. The Balaban J connectivity index is 1.20. The van der Waals surface area contributed by atoms with E-state index < -0.39 is 6.04 Å². The molecule has 0 saturated carbocycles. The number of hydrogen-bond donors (Lipinski definition) is 1. The zero-order valence-electron chi connectivity index (χ0n) is 20.1. The SMILES string of the molecule is Cc1ccc2nc(-c3ccc(NC(=O)C(C)n4nc(-c5ccc6c(c5)OCO6)ccc4=O)cc3)sc2c1. The smallest absolute Gasteiger partial charge is 0.267 e. The van der Waals surface area contributed by atoms with Gasteiger partial charge in [-0.15, -0.1) is 11.3 Å². The molecule has 2 aromatic heterocycles. The molecule has 37 heavy (non-hydrogen) atoms. The van der Waals surface area contributed by atoms with Gasteiger partial charge in [0.25, 0.3) is 5.56 Å². The van der Waals surface area contributed by atoms with Crippen LogP contribution in [-0.2, 0) is 4.79 Å². The van der Waals surface area contributed by atoms with Crippen LogP contribution in [0.25, 0.3) is 32.0 Å². The van der Waals surface area contributed by atoms with Gasteiger partial charge in [-0.2, -0.15) is 5.10 Å². The maximum atomic E-state index is 13.0. The normalized spacial score (nSPS) is 13.0. The van der Waals surface area contributed by atoms with Gasteiger partial charge in [-0.1, -0.05) is 6.07 Å². The van der Waals surface area contributed by atoms with Gasteiger partial charge in [-0.25, -0.2) is 9.67 Å². The highest BCUT2D eigenvalue weighted by molar-refractivity contribution is 7.21. The highest BCUT2D eigenvalue weighted by atomic mass is 32.1. The quantitative estimate of drug-likeness (QED) is 0.339. The van der Waals surface area contributed by atoms with Crippen LogP contribution < -0.4 is 20.3 Å². The lowest BCUT2D eigenvalue weighted by molar-refractivity contribution is -0.119. The van der Waals surface area contributed by atoms with E-state index in [1.165, 1.54) is 16.3 Å². The molecule has 3 aromatic carbocycles. The molecule has 184 valence electrons. The molecular weight excluding hydrogens is 488 g/mol. The number of benzene rings is 3. The number of nitrogens with one attached hydrogen (secondary N) is 1. The van der Waals surface area contributed by atoms with Crippen LogP contribution in [-0.4, -0.2) is 27.5 Å². The van der Waals surface area contributed by atoms with Crippen molar-refractivity contribution < 1.29 is 14.3 Å². The molecule has 1 N–H and O–H groups in total. The Morgan fingerprint density at radius 1 is 0.973 bits per heavy atom. The fourth-order valence-corrected chi connectivity index (χ4v) is 5.19. The lowest BCUT2D eigenvalue weighted by Crippen LogP contribution is -2.33. The standard InChI is InChI=1S/C28H22N4O4S/c1-16-3-9-22-25(13-16)37-28(30-22)18-4-7-20(8-5-18)29-27(34)17(2)32-26(33)12-10-21(31-32)19-6-11-23-24(14-19)36-15-35-23/h3-14,17H,15H2,1-2H3,(H,29,34). The summed E-state index contributed by atoms with van der Waals surface area (Å²) in [5.41, 5.74) is 4.70. The molecule has 0 aliphatic carbocycles.